The van der Waals surface area contributed by atoms with Crippen molar-refractivity contribution in [1.82, 2.24) is 25.6 Å². The highest BCUT2D eigenvalue weighted by Gasteiger charge is 2.40. The Bertz CT molecular complexity index is 1260. The molecule has 7 nitrogen and oxygen atoms in total. The number of Topliss-reactive ketones (excluding diaryl/α,β-unsaturated/α-hetero) is 1. The molecule has 1 aliphatic rings. The van der Waals surface area contributed by atoms with Gasteiger partial charge < -0.3 is 15.6 Å². The normalized spacial score (nSPS) is 15.9. The standard InChI is InChI=1S/C32H45N5O2/c1-5-26(38)9-7-6-8-10-28(37-31(39)32(20-22(2)3)15-17-33-18-16-32)30-34-21-29(36-30)25-13-14-27-24(19-25)12-11-23(4)35-27/h11-14,19,21-22,28,33H,5-10,15-18,20H2,1-4H3,(H,34,36)(H,37,39)/t28-/m0/s1. The van der Waals surface area contributed by atoms with Crippen molar-refractivity contribution in [1.29, 1.82) is 0 Å². The average molecular weight is 532 g/mol. The zero-order chi connectivity index (χ0) is 27.8. The molecule has 2 aromatic heterocycles. The van der Waals surface area contributed by atoms with Gasteiger partial charge in [0.25, 0.3) is 0 Å². The fourth-order valence-corrected chi connectivity index (χ4v) is 5.88. The summed E-state index contributed by atoms with van der Waals surface area (Å²) in [5.41, 5.74) is 3.61. The van der Waals surface area contributed by atoms with Crippen molar-refractivity contribution in [3.05, 3.63) is 48.0 Å². The van der Waals surface area contributed by atoms with E-state index in [9.17, 15) is 9.59 Å². The molecule has 1 atom stereocenters. The van der Waals surface area contributed by atoms with Crippen LogP contribution in [0.25, 0.3) is 22.2 Å². The lowest BCUT2D eigenvalue weighted by atomic mass is 9.72. The Kier molecular flexibility index (Phi) is 9.89. The summed E-state index contributed by atoms with van der Waals surface area (Å²) in [6.07, 6.45) is 9.28. The molecule has 0 aliphatic carbocycles. The van der Waals surface area contributed by atoms with Gasteiger partial charge in [0.1, 0.15) is 11.6 Å². The summed E-state index contributed by atoms with van der Waals surface area (Å²) in [6.45, 7) is 10.1. The van der Waals surface area contributed by atoms with Crippen LogP contribution in [0, 0.1) is 18.3 Å². The number of rotatable bonds is 13. The number of benzene rings is 1. The number of aryl methyl sites for hydroxylation is 1. The minimum absolute atomic E-state index is 0.147. The number of nitrogens with one attached hydrogen (secondary N) is 3. The van der Waals surface area contributed by atoms with Gasteiger partial charge in [-0.05, 0) is 76.2 Å². The molecule has 1 saturated heterocycles. The highest BCUT2D eigenvalue weighted by atomic mass is 16.2. The summed E-state index contributed by atoms with van der Waals surface area (Å²) >= 11 is 0. The molecule has 3 aromatic rings. The highest BCUT2D eigenvalue weighted by molar-refractivity contribution is 5.84. The molecule has 7 heteroatoms. The van der Waals surface area contributed by atoms with Gasteiger partial charge in [-0.3, -0.25) is 14.6 Å². The number of hydrogen-bond acceptors (Lipinski definition) is 5. The van der Waals surface area contributed by atoms with E-state index < -0.39 is 0 Å². The van der Waals surface area contributed by atoms with Crippen molar-refractivity contribution in [2.45, 2.75) is 91.5 Å². The smallest absolute Gasteiger partial charge is 0.226 e. The molecule has 1 aromatic carbocycles. The van der Waals surface area contributed by atoms with Gasteiger partial charge in [0.2, 0.25) is 5.91 Å². The molecule has 3 N–H and O–H groups in total. The summed E-state index contributed by atoms with van der Waals surface area (Å²) < 4.78 is 0. The van der Waals surface area contributed by atoms with Crippen molar-refractivity contribution in [2.24, 2.45) is 11.3 Å². The number of nitrogens with zero attached hydrogens (tertiary/aromatic N) is 2. The lowest BCUT2D eigenvalue weighted by Crippen LogP contribution is -2.49. The zero-order valence-corrected chi connectivity index (χ0v) is 24.1. The summed E-state index contributed by atoms with van der Waals surface area (Å²) in [7, 11) is 0. The highest BCUT2D eigenvalue weighted by Crippen LogP contribution is 2.37. The Balaban J connectivity index is 1.53. The second kappa shape index (κ2) is 13.3. The van der Waals surface area contributed by atoms with E-state index in [4.69, 9.17) is 4.98 Å². The van der Waals surface area contributed by atoms with Gasteiger partial charge in [-0.1, -0.05) is 45.7 Å². The molecule has 3 heterocycles. The summed E-state index contributed by atoms with van der Waals surface area (Å²) in [6, 6.07) is 10.2. The molecule has 1 aliphatic heterocycles. The van der Waals surface area contributed by atoms with E-state index in [1.165, 1.54) is 0 Å². The van der Waals surface area contributed by atoms with E-state index in [0.717, 1.165) is 91.7 Å². The van der Waals surface area contributed by atoms with Crippen LogP contribution in [0.15, 0.2) is 36.5 Å². The number of unbranched alkanes of at least 4 members (excludes halogenated alkanes) is 2. The van der Waals surface area contributed by atoms with E-state index in [0.29, 0.717) is 24.5 Å². The molecule has 1 amide bonds. The zero-order valence-electron chi connectivity index (χ0n) is 24.1. The van der Waals surface area contributed by atoms with Gasteiger partial charge in [0, 0.05) is 29.5 Å². The van der Waals surface area contributed by atoms with Crippen molar-refractivity contribution in [3.63, 3.8) is 0 Å². The number of aromatic nitrogens is 3. The molecule has 4 rings (SSSR count). The first-order chi connectivity index (χ1) is 18.8. The second-order valence-corrected chi connectivity index (χ2v) is 11.7. The molecule has 210 valence electrons. The van der Waals surface area contributed by atoms with Gasteiger partial charge in [-0.15, -0.1) is 0 Å². The molecular formula is C32H45N5O2. The van der Waals surface area contributed by atoms with Crippen LogP contribution in [0.3, 0.4) is 0 Å². The minimum Gasteiger partial charge on any atom is -0.346 e. The molecule has 0 radical (unpaired) electrons. The molecule has 1 fully saturated rings. The van der Waals surface area contributed by atoms with Gasteiger partial charge in [-0.25, -0.2) is 4.98 Å². The van der Waals surface area contributed by atoms with Crippen LogP contribution in [0.5, 0.6) is 0 Å². The molecule has 0 unspecified atom stereocenters. The molecule has 0 saturated carbocycles. The van der Waals surface area contributed by atoms with Gasteiger partial charge in [-0.2, -0.15) is 0 Å². The fraction of sp³-hybridized carbons (Fsp3) is 0.562. The van der Waals surface area contributed by atoms with Crippen molar-refractivity contribution in [2.75, 3.05) is 13.1 Å². The topological polar surface area (TPSA) is 99.8 Å². The summed E-state index contributed by atoms with van der Waals surface area (Å²) in [5, 5.41) is 7.93. The first-order valence-corrected chi connectivity index (χ1v) is 14.8. The lowest BCUT2D eigenvalue weighted by molar-refractivity contribution is -0.134. The number of carbonyl (C=O) groups is 2. The molecular weight excluding hydrogens is 486 g/mol. The van der Waals surface area contributed by atoms with Crippen LogP contribution in [0.4, 0.5) is 0 Å². The maximum Gasteiger partial charge on any atom is 0.226 e. The van der Waals surface area contributed by atoms with Crippen molar-refractivity contribution in [3.8, 4) is 11.3 Å². The van der Waals surface area contributed by atoms with Crippen LogP contribution < -0.4 is 10.6 Å². The number of fused-ring (bicyclic) bond motifs is 1. The minimum atomic E-state index is -0.343. The number of piperidine rings is 1. The van der Waals surface area contributed by atoms with E-state index in [1.807, 2.05) is 32.2 Å². The number of hydrogen-bond donors (Lipinski definition) is 3. The summed E-state index contributed by atoms with van der Waals surface area (Å²) in [4.78, 5) is 38.5. The molecule has 0 bridgehead atoms. The quantitative estimate of drug-likeness (QED) is 0.221. The number of pyridine rings is 1. The van der Waals surface area contributed by atoms with E-state index in [2.05, 4.69) is 52.6 Å². The molecule has 39 heavy (non-hydrogen) atoms. The maximum atomic E-state index is 13.9. The van der Waals surface area contributed by atoms with E-state index >= 15 is 0 Å². The second-order valence-electron chi connectivity index (χ2n) is 11.7. The van der Waals surface area contributed by atoms with Crippen LogP contribution in [0.1, 0.15) is 96.1 Å². The molecule has 0 spiro atoms. The first kappa shape index (κ1) is 28.9. The van der Waals surface area contributed by atoms with Crippen LogP contribution >= 0.6 is 0 Å². The third kappa shape index (κ3) is 7.53. The number of aromatic amines is 1. The summed E-state index contributed by atoms with van der Waals surface area (Å²) in [5.74, 6) is 1.70. The van der Waals surface area contributed by atoms with Crippen LogP contribution in [-0.4, -0.2) is 39.7 Å². The largest absolute Gasteiger partial charge is 0.346 e. The number of carbonyl (C=O) groups excluding carboxylic acids is 2. The number of H-pyrrole nitrogens is 1. The number of amides is 1. The predicted octanol–water partition coefficient (Wildman–Crippen LogP) is 6.44. The number of ketones is 1. The SMILES string of the molecule is CCC(=O)CCCCC[C@H](NC(=O)C1(CC(C)C)CCNCC1)c1ncc(-c2ccc3nc(C)ccc3c2)[nH]1. The van der Waals surface area contributed by atoms with Gasteiger partial charge >= 0.3 is 0 Å². The third-order valence-electron chi connectivity index (χ3n) is 8.05. The predicted molar refractivity (Wildman–Crippen MR) is 157 cm³/mol. The Labute approximate surface area is 233 Å². The van der Waals surface area contributed by atoms with Gasteiger partial charge in [0.15, 0.2) is 0 Å². The van der Waals surface area contributed by atoms with E-state index in [-0.39, 0.29) is 17.4 Å². The van der Waals surface area contributed by atoms with Crippen molar-refractivity contribution < 1.29 is 9.59 Å². The van der Waals surface area contributed by atoms with Gasteiger partial charge in [0.05, 0.1) is 28.9 Å². The van der Waals surface area contributed by atoms with E-state index in [1.54, 1.807) is 0 Å². The first-order valence-electron chi connectivity index (χ1n) is 14.8. The maximum absolute atomic E-state index is 13.9. The number of imidazole rings is 1. The fourth-order valence-electron chi connectivity index (χ4n) is 5.88. The Hall–Kier alpha value is -3.06. The van der Waals surface area contributed by atoms with Crippen LogP contribution in [-0.2, 0) is 9.59 Å². The Morgan fingerprint density at radius 2 is 1.87 bits per heavy atom. The Morgan fingerprint density at radius 1 is 1.08 bits per heavy atom. The third-order valence-corrected chi connectivity index (χ3v) is 8.05. The lowest BCUT2D eigenvalue weighted by Gasteiger charge is -2.38. The monoisotopic (exact) mass is 531 g/mol. The Morgan fingerprint density at radius 3 is 2.62 bits per heavy atom. The average Bonchev–Trinajstić information content (AvgIpc) is 3.42. The van der Waals surface area contributed by atoms with Crippen molar-refractivity contribution >= 4 is 22.6 Å². The van der Waals surface area contributed by atoms with Crippen LogP contribution in [0.2, 0.25) is 0 Å².